The maximum Gasteiger partial charge on any atom is 0.412 e. The summed E-state index contributed by atoms with van der Waals surface area (Å²) in [5.41, 5.74) is 2.65. The number of anilines is 1. The van der Waals surface area contributed by atoms with E-state index < -0.39 is 17.5 Å². The molecule has 2 aromatic carbocycles. The lowest BCUT2D eigenvalue weighted by atomic mass is 9.92. The van der Waals surface area contributed by atoms with E-state index in [1.54, 1.807) is 39.1 Å². The summed E-state index contributed by atoms with van der Waals surface area (Å²) in [6.07, 6.45) is 1.20. The molecule has 0 spiro atoms. The Balaban J connectivity index is 1.70. The third-order valence-electron chi connectivity index (χ3n) is 5.48. The van der Waals surface area contributed by atoms with Crippen LogP contribution >= 0.6 is 34.7 Å². The SMILES string of the molecule is CCSc1ncc2c3c(c(-c4c(F)ccc5sc(NC(=O)OC(C)(C)C)cc45)c(Cl)c2n1)COC3. The van der Waals surface area contributed by atoms with Crippen LogP contribution in [0.3, 0.4) is 0 Å². The number of carbonyl (C=O) groups excluding carboxylic acids is 1. The lowest BCUT2D eigenvalue weighted by Gasteiger charge is -2.19. The molecule has 2 aromatic heterocycles. The molecule has 1 amide bonds. The number of thioether (sulfide) groups is 1. The predicted octanol–water partition coefficient (Wildman–Crippen LogP) is 7.79. The summed E-state index contributed by atoms with van der Waals surface area (Å²) in [7, 11) is 0. The minimum Gasteiger partial charge on any atom is -0.444 e. The van der Waals surface area contributed by atoms with E-state index in [0.717, 1.165) is 27.0 Å². The molecule has 10 heteroatoms. The number of carbonyl (C=O) groups is 1. The zero-order chi connectivity index (χ0) is 24.9. The van der Waals surface area contributed by atoms with Crippen molar-refractivity contribution in [3.8, 4) is 11.1 Å². The van der Waals surface area contributed by atoms with Gasteiger partial charge in [-0.15, -0.1) is 11.3 Å². The highest BCUT2D eigenvalue weighted by atomic mass is 35.5. The summed E-state index contributed by atoms with van der Waals surface area (Å²) < 4.78 is 27.4. The zero-order valence-electron chi connectivity index (χ0n) is 19.6. The highest BCUT2D eigenvalue weighted by Crippen LogP contribution is 2.47. The lowest BCUT2D eigenvalue weighted by Crippen LogP contribution is -2.26. The predicted molar refractivity (Wildman–Crippen MR) is 140 cm³/mol. The number of hydrogen-bond donors (Lipinski definition) is 1. The van der Waals surface area contributed by atoms with E-state index in [1.807, 2.05) is 6.92 Å². The molecule has 4 aromatic rings. The second-order valence-corrected chi connectivity index (χ2v) is 11.8. The van der Waals surface area contributed by atoms with Crippen molar-refractivity contribution in [3.05, 3.63) is 46.4 Å². The zero-order valence-corrected chi connectivity index (χ0v) is 22.0. The van der Waals surface area contributed by atoms with Crippen molar-refractivity contribution in [1.29, 1.82) is 0 Å². The van der Waals surface area contributed by atoms with E-state index in [0.29, 0.717) is 50.4 Å². The van der Waals surface area contributed by atoms with Gasteiger partial charge in [-0.3, -0.25) is 5.32 Å². The Morgan fingerprint density at radius 1 is 1.26 bits per heavy atom. The van der Waals surface area contributed by atoms with Gasteiger partial charge >= 0.3 is 6.09 Å². The second-order valence-electron chi connectivity index (χ2n) is 9.06. The van der Waals surface area contributed by atoms with E-state index in [9.17, 15) is 4.79 Å². The lowest BCUT2D eigenvalue weighted by molar-refractivity contribution is 0.0636. The first-order valence-electron chi connectivity index (χ1n) is 11.1. The number of halogens is 2. The van der Waals surface area contributed by atoms with Crippen molar-refractivity contribution in [1.82, 2.24) is 9.97 Å². The second kappa shape index (κ2) is 9.20. The third kappa shape index (κ3) is 4.58. The summed E-state index contributed by atoms with van der Waals surface area (Å²) in [6, 6.07) is 4.87. The maximum absolute atomic E-state index is 15.5. The first-order chi connectivity index (χ1) is 16.7. The first kappa shape index (κ1) is 24.2. The van der Waals surface area contributed by atoms with Gasteiger partial charge in [0.2, 0.25) is 0 Å². The fourth-order valence-electron chi connectivity index (χ4n) is 4.16. The number of aromatic nitrogens is 2. The van der Waals surface area contributed by atoms with Gasteiger partial charge in [-0.05, 0) is 55.9 Å². The number of hydrogen-bond acceptors (Lipinski definition) is 7. The Kier molecular flexibility index (Phi) is 6.37. The van der Waals surface area contributed by atoms with Crippen molar-refractivity contribution in [2.24, 2.45) is 0 Å². The number of rotatable bonds is 4. The van der Waals surface area contributed by atoms with Crippen molar-refractivity contribution < 1.29 is 18.7 Å². The van der Waals surface area contributed by atoms with Gasteiger partial charge in [-0.1, -0.05) is 30.3 Å². The summed E-state index contributed by atoms with van der Waals surface area (Å²) in [5.74, 6) is 0.409. The monoisotopic (exact) mass is 531 g/mol. The van der Waals surface area contributed by atoms with E-state index in [-0.39, 0.29) is 0 Å². The normalized spacial score (nSPS) is 13.4. The highest BCUT2D eigenvalue weighted by molar-refractivity contribution is 7.99. The van der Waals surface area contributed by atoms with E-state index in [2.05, 4.69) is 15.3 Å². The Hall–Kier alpha value is -2.46. The third-order valence-corrected chi connectivity index (χ3v) is 7.60. The van der Waals surface area contributed by atoms with Crippen LogP contribution in [0.25, 0.3) is 32.1 Å². The largest absolute Gasteiger partial charge is 0.444 e. The Morgan fingerprint density at radius 2 is 2.03 bits per heavy atom. The van der Waals surface area contributed by atoms with Crippen LogP contribution < -0.4 is 5.32 Å². The number of fused-ring (bicyclic) bond motifs is 4. The Bertz CT molecular complexity index is 1480. The van der Waals surface area contributed by atoms with Crippen LogP contribution in [0.2, 0.25) is 5.02 Å². The van der Waals surface area contributed by atoms with Crippen LogP contribution in [0.5, 0.6) is 0 Å². The van der Waals surface area contributed by atoms with Crippen LogP contribution in [0, 0.1) is 5.82 Å². The molecule has 0 aliphatic carbocycles. The summed E-state index contributed by atoms with van der Waals surface area (Å²) in [6.45, 7) is 8.11. The molecule has 0 unspecified atom stereocenters. The summed E-state index contributed by atoms with van der Waals surface area (Å²) in [4.78, 5) is 21.5. The fourth-order valence-corrected chi connectivity index (χ4v) is 6.01. The molecule has 0 atom stereocenters. The average Bonchev–Trinajstić information content (AvgIpc) is 3.41. The van der Waals surface area contributed by atoms with Crippen LogP contribution in [0.1, 0.15) is 38.8 Å². The molecule has 0 fully saturated rings. The van der Waals surface area contributed by atoms with Gasteiger partial charge < -0.3 is 9.47 Å². The molecule has 6 nitrogen and oxygen atoms in total. The number of thiophene rings is 1. The van der Waals surface area contributed by atoms with E-state index in [1.165, 1.54) is 29.2 Å². The van der Waals surface area contributed by atoms with Crippen molar-refractivity contribution in [3.63, 3.8) is 0 Å². The van der Waals surface area contributed by atoms with Gasteiger partial charge in [-0.2, -0.15) is 0 Å². The van der Waals surface area contributed by atoms with Crippen LogP contribution in [0.4, 0.5) is 14.2 Å². The average molecular weight is 532 g/mol. The number of nitrogens with one attached hydrogen (secondary N) is 1. The minimum atomic E-state index is -0.631. The number of amides is 1. The number of nitrogens with zero attached hydrogens (tertiary/aromatic N) is 2. The Labute approximate surface area is 215 Å². The molecular formula is C25H23ClFN3O3S2. The van der Waals surface area contributed by atoms with Crippen LogP contribution in [-0.4, -0.2) is 27.4 Å². The van der Waals surface area contributed by atoms with Gasteiger partial charge in [0.15, 0.2) is 5.16 Å². The molecule has 0 saturated heterocycles. The van der Waals surface area contributed by atoms with E-state index >= 15 is 4.39 Å². The van der Waals surface area contributed by atoms with Crippen molar-refractivity contribution in [2.75, 3.05) is 11.1 Å². The van der Waals surface area contributed by atoms with Crippen molar-refractivity contribution in [2.45, 2.75) is 51.7 Å². The molecule has 1 N–H and O–H groups in total. The molecule has 0 bridgehead atoms. The summed E-state index contributed by atoms with van der Waals surface area (Å²) in [5, 5.41) is 5.75. The summed E-state index contributed by atoms with van der Waals surface area (Å²) >= 11 is 9.81. The number of benzene rings is 2. The standard InChI is InChI=1S/C25H23ClFN3O3S2/c1-5-34-23-28-9-13-14-10-32-11-15(14)20(21(26)22(13)30-23)19-12-8-18(29-24(31)33-25(2,3)4)35-17(12)7-6-16(19)27/h6-9H,5,10-11H2,1-4H3,(H,29,31). The molecule has 0 radical (unpaired) electrons. The smallest absolute Gasteiger partial charge is 0.412 e. The van der Waals surface area contributed by atoms with Gasteiger partial charge in [0.25, 0.3) is 0 Å². The molecule has 1 aliphatic heterocycles. The molecule has 35 heavy (non-hydrogen) atoms. The van der Waals surface area contributed by atoms with Gasteiger partial charge in [0.1, 0.15) is 11.4 Å². The molecule has 3 heterocycles. The van der Waals surface area contributed by atoms with Gasteiger partial charge in [-0.25, -0.2) is 19.2 Å². The maximum atomic E-state index is 15.5. The van der Waals surface area contributed by atoms with Crippen LogP contribution in [0.15, 0.2) is 29.6 Å². The molecule has 182 valence electrons. The first-order valence-corrected chi connectivity index (χ1v) is 13.3. The highest BCUT2D eigenvalue weighted by Gasteiger charge is 2.28. The van der Waals surface area contributed by atoms with Gasteiger partial charge in [0, 0.05) is 32.8 Å². The molecule has 5 rings (SSSR count). The van der Waals surface area contributed by atoms with Gasteiger partial charge in [0.05, 0.1) is 28.8 Å². The topological polar surface area (TPSA) is 73.3 Å². The van der Waals surface area contributed by atoms with Crippen LogP contribution in [-0.2, 0) is 22.7 Å². The Morgan fingerprint density at radius 3 is 2.77 bits per heavy atom. The number of ether oxygens (including phenoxy) is 2. The quantitative estimate of drug-likeness (QED) is 0.214. The molecular weight excluding hydrogens is 509 g/mol. The fraction of sp³-hybridized carbons (Fsp3) is 0.320. The van der Waals surface area contributed by atoms with E-state index in [4.69, 9.17) is 21.1 Å². The van der Waals surface area contributed by atoms with Crippen molar-refractivity contribution >= 4 is 66.8 Å². The molecule has 0 saturated carbocycles. The minimum absolute atomic E-state index is 0.314. The molecule has 1 aliphatic rings.